The number of hydrogen-bond acceptors (Lipinski definition) is 5. The van der Waals surface area contributed by atoms with Gasteiger partial charge in [0.25, 0.3) is 5.91 Å². The fourth-order valence-corrected chi connectivity index (χ4v) is 1.50. The summed E-state index contributed by atoms with van der Waals surface area (Å²) in [4.78, 5) is 11.2. The van der Waals surface area contributed by atoms with Crippen LogP contribution in [0.15, 0.2) is 39.6 Å². The molecule has 7 heteroatoms. The summed E-state index contributed by atoms with van der Waals surface area (Å²) in [5, 5.41) is 10.5. The summed E-state index contributed by atoms with van der Waals surface area (Å²) >= 11 is 5.83. The number of carbonyl (C=O) groups excluding carboxylic acids is 1. The summed E-state index contributed by atoms with van der Waals surface area (Å²) in [6, 6.07) is 7.30. The summed E-state index contributed by atoms with van der Waals surface area (Å²) in [6.07, 6.45) is 2.92. The van der Waals surface area contributed by atoms with Crippen LogP contribution in [-0.2, 0) is 4.79 Å². The van der Waals surface area contributed by atoms with Gasteiger partial charge in [-0.15, -0.1) is 11.6 Å². The quantitative estimate of drug-likeness (QED) is 0.512. The average molecular weight is 279 g/mol. The van der Waals surface area contributed by atoms with Crippen molar-refractivity contribution >= 4 is 35.6 Å². The molecular weight excluding hydrogens is 268 g/mol. The van der Waals surface area contributed by atoms with Crippen molar-refractivity contribution in [3.05, 3.63) is 29.8 Å². The summed E-state index contributed by atoms with van der Waals surface area (Å²) in [5.41, 5.74) is 3.39. The van der Waals surface area contributed by atoms with Crippen molar-refractivity contribution in [3.8, 4) is 5.75 Å². The number of hydrazone groups is 1. The Morgan fingerprint density at radius 1 is 1.42 bits per heavy atom. The summed E-state index contributed by atoms with van der Waals surface area (Å²) in [5.74, 6) is 0.350. The maximum absolute atomic E-state index is 11.2. The number of nitrogens with zero attached hydrogens (tertiary/aromatic N) is 3. The molecule has 0 fully saturated rings. The molecule has 1 atom stereocenters. The number of halogens is 1. The Hall–Kier alpha value is -2.21. The Labute approximate surface area is 114 Å². The summed E-state index contributed by atoms with van der Waals surface area (Å²) in [6.45, 7) is 0. The highest BCUT2D eigenvalue weighted by molar-refractivity contribution is 6.54. The third-order valence-corrected chi connectivity index (χ3v) is 2.78. The van der Waals surface area contributed by atoms with Gasteiger partial charge in [-0.3, -0.25) is 4.79 Å². The largest absolute Gasteiger partial charge is 0.497 e. The lowest BCUT2D eigenvalue weighted by Gasteiger charge is -2.10. The lowest BCUT2D eigenvalue weighted by Crippen LogP contribution is -2.38. The van der Waals surface area contributed by atoms with E-state index in [0.717, 1.165) is 11.3 Å². The molecule has 2 rings (SSSR count). The minimum atomic E-state index is -0.870. The number of carbonyl (C=O) groups is 1. The van der Waals surface area contributed by atoms with E-state index in [9.17, 15) is 4.79 Å². The Balaban J connectivity index is 2.08. The second kappa shape index (κ2) is 6.10. The number of amides is 1. The molecule has 1 amide bonds. The molecule has 0 saturated carbocycles. The van der Waals surface area contributed by atoms with Crippen molar-refractivity contribution in [1.29, 1.82) is 0 Å². The molecule has 1 heterocycles. The van der Waals surface area contributed by atoms with Gasteiger partial charge in [0.1, 0.15) is 11.5 Å². The number of alkyl halides is 1. The van der Waals surface area contributed by atoms with Gasteiger partial charge < -0.3 is 4.74 Å². The van der Waals surface area contributed by atoms with Crippen LogP contribution >= 0.6 is 11.6 Å². The van der Waals surface area contributed by atoms with Crippen molar-refractivity contribution in [3.63, 3.8) is 0 Å². The molecule has 0 radical (unpaired) electrons. The maximum Gasteiger partial charge on any atom is 0.264 e. The molecule has 0 aliphatic carbocycles. The zero-order valence-corrected chi connectivity index (χ0v) is 10.8. The van der Waals surface area contributed by atoms with Gasteiger partial charge in [0.2, 0.25) is 0 Å². The fourth-order valence-electron chi connectivity index (χ4n) is 1.35. The number of ether oxygens (including phenoxy) is 1. The first-order chi connectivity index (χ1) is 9.20. The molecule has 0 spiro atoms. The molecule has 0 saturated heterocycles. The second-order valence-electron chi connectivity index (χ2n) is 3.64. The van der Waals surface area contributed by atoms with Crippen molar-refractivity contribution in [2.24, 2.45) is 15.3 Å². The van der Waals surface area contributed by atoms with E-state index in [1.807, 2.05) is 24.3 Å². The first-order valence-electron chi connectivity index (χ1n) is 5.42. The Kier molecular flexibility index (Phi) is 4.25. The highest BCUT2D eigenvalue weighted by Crippen LogP contribution is 2.10. The summed E-state index contributed by atoms with van der Waals surface area (Å²) < 4.78 is 5.04. The molecule has 0 aromatic heterocycles. The molecule has 98 valence electrons. The minimum Gasteiger partial charge on any atom is -0.497 e. The molecule has 1 unspecified atom stereocenters. The predicted molar refractivity (Wildman–Crippen MR) is 74.3 cm³/mol. The van der Waals surface area contributed by atoms with E-state index in [0.29, 0.717) is 5.71 Å². The number of hydrogen-bond donors (Lipinski definition) is 1. The van der Waals surface area contributed by atoms with Gasteiger partial charge in [-0.2, -0.15) is 15.3 Å². The van der Waals surface area contributed by atoms with Gasteiger partial charge in [-0.1, -0.05) is 0 Å². The van der Waals surface area contributed by atoms with Crippen LogP contribution in [-0.4, -0.2) is 36.5 Å². The molecule has 6 nitrogen and oxygen atoms in total. The molecule has 1 aromatic rings. The van der Waals surface area contributed by atoms with E-state index in [1.54, 1.807) is 13.3 Å². The predicted octanol–water partition coefficient (Wildman–Crippen LogP) is 1.19. The number of benzene rings is 1. The van der Waals surface area contributed by atoms with Crippen LogP contribution in [0.3, 0.4) is 0 Å². The monoisotopic (exact) mass is 278 g/mol. The first kappa shape index (κ1) is 13.2. The standard InChI is InChI=1S/C12H11ClN4O2/c1-19-9-4-2-8(3-5-9)6-14-16-10-7-15-17-12(18)11(10)13/h2-7,11H,1H3,(H,17,18)/b14-6+,16-10-. The Morgan fingerprint density at radius 2 is 2.16 bits per heavy atom. The van der Waals surface area contributed by atoms with Crippen LogP contribution in [0.4, 0.5) is 0 Å². The number of methoxy groups -OCH3 is 1. The van der Waals surface area contributed by atoms with E-state index in [2.05, 4.69) is 20.7 Å². The van der Waals surface area contributed by atoms with E-state index in [4.69, 9.17) is 16.3 Å². The number of rotatable bonds is 3. The number of nitrogens with one attached hydrogen (secondary N) is 1. The average Bonchev–Trinajstić information content (AvgIpc) is 2.44. The van der Waals surface area contributed by atoms with Crippen molar-refractivity contribution in [2.45, 2.75) is 5.38 Å². The molecule has 1 aliphatic heterocycles. The van der Waals surface area contributed by atoms with Gasteiger partial charge in [-0.25, -0.2) is 5.43 Å². The van der Waals surface area contributed by atoms with Crippen LogP contribution in [0.2, 0.25) is 0 Å². The van der Waals surface area contributed by atoms with Gasteiger partial charge >= 0.3 is 0 Å². The van der Waals surface area contributed by atoms with Crippen LogP contribution in [0, 0.1) is 0 Å². The van der Waals surface area contributed by atoms with Crippen molar-refractivity contribution in [2.75, 3.05) is 7.11 Å². The molecule has 1 N–H and O–H groups in total. The third-order valence-electron chi connectivity index (χ3n) is 2.36. The van der Waals surface area contributed by atoms with Crippen molar-refractivity contribution < 1.29 is 9.53 Å². The van der Waals surface area contributed by atoms with Gasteiger partial charge in [-0.05, 0) is 29.8 Å². The smallest absolute Gasteiger partial charge is 0.264 e. The van der Waals surface area contributed by atoms with Crippen LogP contribution in [0.1, 0.15) is 5.56 Å². The molecule has 1 aromatic carbocycles. The van der Waals surface area contributed by atoms with E-state index >= 15 is 0 Å². The minimum absolute atomic E-state index is 0.301. The van der Waals surface area contributed by atoms with E-state index in [1.165, 1.54) is 6.21 Å². The van der Waals surface area contributed by atoms with Crippen LogP contribution in [0.5, 0.6) is 5.75 Å². The molecule has 19 heavy (non-hydrogen) atoms. The van der Waals surface area contributed by atoms with Crippen molar-refractivity contribution in [1.82, 2.24) is 5.43 Å². The zero-order valence-electron chi connectivity index (χ0n) is 10.1. The molecule has 1 aliphatic rings. The van der Waals surface area contributed by atoms with E-state index in [-0.39, 0.29) is 0 Å². The third kappa shape index (κ3) is 3.38. The first-order valence-corrected chi connectivity index (χ1v) is 5.86. The lowest BCUT2D eigenvalue weighted by molar-refractivity contribution is -0.119. The lowest BCUT2D eigenvalue weighted by atomic mass is 10.2. The van der Waals surface area contributed by atoms with Gasteiger partial charge in [0.15, 0.2) is 5.38 Å². The maximum atomic E-state index is 11.2. The second-order valence-corrected chi connectivity index (χ2v) is 4.08. The highest BCUT2D eigenvalue weighted by atomic mass is 35.5. The van der Waals surface area contributed by atoms with Crippen LogP contribution < -0.4 is 10.2 Å². The SMILES string of the molecule is COc1ccc(/C=N/N=C2/C=NNC(=O)C2Cl)cc1. The van der Waals surface area contributed by atoms with Crippen LogP contribution in [0.25, 0.3) is 0 Å². The zero-order chi connectivity index (χ0) is 13.7. The normalized spacial score (nSPS) is 20.8. The Bertz CT molecular complexity index is 551. The fraction of sp³-hybridized carbons (Fsp3) is 0.167. The van der Waals surface area contributed by atoms with E-state index < -0.39 is 11.3 Å². The van der Waals surface area contributed by atoms with Gasteiger partial charge in [0.05, 0.1) is 19.5 Å². The van der Waals surface area contributed by atoms with Gasteiger partial charge in [0, 0.05) is 0 Å². The molecule has 0 bridgehead atoms. The molecular formula is C12H11ClN4O2. The summed E-state index contributed by atoms with van der Waals surface area (Å²) in [7, 11) is 1.60. The Morgan fingerprint density at radius 3 is 2.84 bits per heavy atom. The topological polar surface area (TPSA) is 75.4 Å². The highest BCUT2D eigenvalue weighted by Gasteiger charge is 2.23.